The number of hydrogen-bond donors (Lipinski definition) is 1. The number of alkyl halides is 1. The zero-order valence-corrected chi connectivity index (χ0v) is 17.5. The largest absolute Gasteiger partial charge is 0.341 e. The molecule has 1 N–H and O–H groups in total. The Morgan fingerprint density at radius 3 is 2.52 bits per heavy atom. The van der Waals surface area contributed by atoms with Crippen LogP contribution in [0.15, 0.2) is 42.5 Å². The molecule has 2 aliphatic rings. The minimum absolute atomic E-state index is 0.102. The van der Waals surface area contributed by atoms with Gasteiger partial charge in [-0.2, -0.15) is 0 Å². The van der Waals surface area contributed by atoms with Crippen molar-refractivity contribution in [3.05, 3.63) is 59.7 Å². The van der Waals surface area contributed by atoms with Crippen molar-refractivity contribution in [2.45, 2.75) is 31.2 Å². The van der Waals surface area contributed by atoms with Crippen molar-refractivity contribution >= 4 is 15.9 Å². The molecule has 1 aliphatic heterocycles. The Hall–Kier alpha value is -2.39. The van der Waals surface area contributed by atoms with Crippen molar-refractivity contribution in [3.8, 4) is 11.1 Å². The first-order valence-electron chi connectivity index (χ1n) is 10.2. The summed E-state index contributed by atoms with van der Waals surface area (Å²) in [6, 6.07) is 8.63. The summed E-state index contributed by atoms with van der Waals surface area (Å²) < 4.78 is 66.6. The Labute approximate surface area is 179 Å². The summed E-state index contributed by atoms with van der Waals surface area (Å²) in [7, 11) is -4.00. The van der Waals surface area contributed by atoms with Crippen molar-refractivity contribution in [2.24, 2.45) is 5.92 Å². The lowest BCUT2D eigenvalue weighted by Crippen LogP contribution is -2.50. The lowest BCUT2D eigenvalue weighted by molar-refractivity contribution is -0.133. The average molecular weight is 452 g/mol. The SMILES string of the molecule is O=C([C@@H]1C[C@H]1c1ccccc1-c1c(F)cccc1F)N1CCC[C@H](NS(=O)(=O)CF)C1. The van der Waals surface area contributed by atoms with Gasteiger partial charge in [-0.15, -0.1) is 0 Å². The van der Waals surface area contributed by atoms with Crippen LogP contribution in [-0.2, 0) is 14.8 Å². The normalized spacial score (nSPS) is 23.6. The molecule has 166 valence electrons. The van der Waals surface area contributed by atoms with Crippen LogP contribution in [0.3, 0.4) is 0 Å². The molecule has 0 spiro atoms. The number of nitrogens with one attached hydrogen (secondary N) is 1. The standard InChI is InChI=1S/C22H23F3N2O3S/c23-13-31(29,30)26-14-5-4-10-27(12-14)22(28)18-11-17(18)15-6-1-2-7-16(15)21-19(24)8-3-9-20(21)25/h1-3,6-9,14,17-18,26H,4-5,10-13H2/t14-,17-,18+/m0/s1. The van der Waals surface area contributed by atoms with E-state index in [0.29, 0.717) is 31.4 Å². The zero-order chi connectivity index (χ0) is 22.2. The second-order valence-corrected chi connectivity index (χ2v) is 9.78. The summed E-state index contributed by atoms with van der Waals surface area (Å²) >= 11 is 0. The number of rotatable bonds is 6. The van der Waals surface area contributed by atoms with Crippen LogP contribution in [0.1, 0.15) is 30.7 Å². The lowest BCUT2D eigenvalue weighted by atomic mass is 9.95. The summed E-state index contributed by atoms with van der Waals surface area (Å²) in [5, 5.41) is 0. The van der Waals surface area contributed by atoms with E-state index in [1.807, 2.05) is 0 Å². The van der Waals surface area contributed by atoms with E-state index in [1.165, 1.54) is 18.2 Å². The molecule has 1 aliphatic carbocycles. The molecule has 1 saturated heterocycles. The Bertz CT molecular complexity index is 1070. The minimum atomic E-state index is -4.00. The van der Waals surface area contributed by atoms with Crippen LogP contribution in [0.5, 0.6) is 0 Å². The van der Waals surface area contributed by atoms with E-state index in [-0.39, 0.29) is 29.9 Å². The van der Waals surface area contributed by atoms with E-state index < -0.39 is 33.7 Å². The first kappa shape index (κ1) is 21.8. The highest BCUT2D eigenvalue weighted by atomic mass is 32.2. The number of benzene rings is 2. The second-order valence-electron chi connectivity index (χ2n) is 8.10. The smallest absolute Gasteiger partial charge is 0.241 e. The number of piperidine rings is 1. The first-order chi connectivity index (χ1) is 14.8. The molecule has 2 aromatic rings. The average Bonchev–Trinajstić information content (AvgIpc) is 3.54. The van der Waals surface area contributed by atoms with Gasteiger partial charge in [-0.3, -0.25) is 4.79 Å². The van der Waals surface area contributed by atoms with Crippen LogP contribution in [0.4, 0.5) is 13.2 Å². The van der Waals surface area contributed by atoms with E-state index in [1.54, 1.807) is 29.2 Å². The maximum absolute atomic E-state index is 14.4. The fraction of sp³-hybridized carbons (Fsp3) is 0.409. The minimum Gasteiger partial charge on any atom is -0.341 e. The van der Waals surface area contributed by atoms with E-state index in [2.05, 4.69) is 4.72 Å². The molecule has 0 bridgehead atoms. The summed E-state index contributed by atoms with van der Waals surface area (Å²) in [6.45, 7) is 0.685. The van der Waals surface area contributed by atoms with Gasteiger partial charge in [-0.1, -0.05) is 30.3 Å². The highest BCUT2D eigenvalue weighted by molar-refractivity contribution is 7.89. The molecule has 4 rings (SSSR count). The van der Waals surface area contributed by atoms with Gasteiger partial charge in [0.1, 0.15) is 11.6 Å². The molecule has 0 radical (unpaired) electrons. The van der Waals surface area contributed by atoms with Crippen LogP contribution in [-0.4, -0.2) is 44.4 Å². The Balaban J connectivity index is 1.50. The van der Waals surface area contributed by atoms with Crippen LogP contribution < -0.4 is 4.72 Å². The molecule has 5 nitrogen and oxygen atoms in total. The molecule has 0 unspecified atom stereocenters. The van der Waals surface area contributed by atoms with E-state index in [0.717, 1.165) is 5.56 Å². The van der Waals surface area contributed by atoms with Gasteiger partial charge in [0.25, 0.3) is 0 Å². The predicted octanol–water partition coefficient (Wildman–Crippen LogP) is 3.57. The van der Waals surface area contributed by atoms with E-state index in [4.69, 9.17) is 0 Å². The monoisotopic (exact) mass is 452 g/mol. The van der Waals surface area contributed by atoms with Crippen LogP contribution >= 0.6 is 0 Å². The molecule has 31 heavy (non-hydrogen) atoms. The van der Waals surface area contributed by atoms with Crippen molar-refractivity contribution in [2.75, 3.05) is 19.1 Å². The van der Waals surface area contributed by atoms with Crippen LogP contribution in [0, 0.1) is 17.6 Å². The van der Waals surface area contributed by atoms with Gasteiger partial charge >= 0.3 is 0 Å². The first-order valence-corrected chi connectivity index (χ1v) is 11.8. The van der Waals surface area contributed by atoms with Gasteiger partial charge in [-0.25, -0.2) is 26.3 Å². The number of sulfonamides is 1. The maximum Gasteiger partial charge on any atom is 0.241 e. The van der Waals surface area contributed by atoms with E-state index in [9.17, 15) is 26.4 Å². The van der Waals surface area contributed by atoms with Crippen molar-refractivity contribution in [1.29, 1.82) is 0 Å². The van der Waals surface area contributed by atoms with Gasteiger partial charge < -0.3 is 4.90 Å². The number of carbonyl (C=O) groups is 1. The molecule has 0 aromatic heterocycles. The molecule has 3 atom stereocenters. The molecule has 1 saturated carbocycles. The Kier molecular flexibility index (Phi) is 6.07. The lowest BCUT2D eigenvalue weighted by Gasteiger charge is -2.33. The number of hydrogen-bond acceptors (Lipinski definition) is 3. The van der Waals surface area contributed by atoms with E-state index >= 15 is 0 Å². The number of likely N-dealkylation sites (tertiary alicyclic amines) is 1. The number of halogens is 3. The summed E-state index contributed by atoms with van der Waals surface area (Å²) in [5.41, 5.74) is 1.05. The summed E-state index contributed by atoms with van der Waals surface area (Å²) in [4.78, 5) is 14.6. The third-order valence-electron chi connectivity index (χ3n) is 5.92. The Morgan fingerprint density at radius 1 is 1.10 bits per heavy atom. The highest BCUT2D eigenvalue weighted by Gasteiger charge is 2.47. The molecule has 9 heteroatoms. The predicted molar refractivity (Wildman–Crippen MR) is 110 cm³/mol. The summed E-state index contributed by atoms with van der Waals surface area (Å²) in [6.07, 6.45) is 1.70. The molecule has 2 aromatic carbocycles. The van der Waals surface area contributed by atoms with Gasteiger partial charge in [0.2, 0.25) is 21.9 Å². The topological polar surface area (TPSA) is 66.5 Å². The maximum atomic E-state index is 14.4. The molecule has 1 heterocycles. The third kappa shape index (κ3) is 4.62. The van der Waals surface area contributed by atoms with Gasteiger partial charge in [0.05, 0.1) is 5.56 Å². The molecule has 2 fully saturated rings. The molecular formula is C22H23F3N2O3S. The third-order valence-corrected chi connectivity index (χ3v) is 6.90. The van der Waals surface area contributed by atoms with Gasteiger partial charge in [-0.05, 0) is 48.4 Å². The summed E-state index contributed by atoms with van der Waals surface area (Å²) in [5.74, 6) is -1.92. The Morgan fingerprint density at radius 2 is 1.81 bits per heavy atom. The zero-order valence-electron chi connectivity index (χ0n) is 16.7. The highest BCUT2D eigenvalue weighted by Crippen LogP contribution is 2.51. The van der Waals surface area contributed by atoms with Crippen LogP contribution in [0.25, 0.3) is 11.1 Å². The second kappa shape index (κ2) is 8.63. The van der Waals surface area contributed by atoms with Crippen LogP contribution in [0.2, 0.25) is 0 Å². The fourth-order valence-corrected chi connectivity index (χ4v) is 5.17. The van der Waals surface area contributed by atoms with Gasteiger partial charge in [0, 0.05) is 25.0 Å². The van der Waals surface area contributed by atoms with Crippen molar-refractivity contribution in [3.63, 3.8) is 0 Å². The van der Waals surface area contributed by atoms with Crippen molar-refractivity contribution in [1.82, 2.24) is 9.62 Å². The fourth-order valence-electron chi connectivity index (χ4n) is 4.41. The number of nitrogens with zero attached hydrogens (tertiary/aromatic N) is 1. The number of amides is 1. The van der Waals surface area contributed by atoms with Gasteiger partial charge in [0.15, 0.2) is 0 Å². The quantitative estimate of drug-likeness (QED) is 0.729. The van der Waals surface area contributed by atoms with Crippen molar-refractivity contribution < 1.29 is 26.4 Å². The number of carbonyl (C=O) groups excluding carboxylic acids is 1. The molecule has 1 amide bonds. The molecular weight excluding hydrogens is 429 g/mol.